The molecule has 0 radical (unpaired) electrons. The number of rotatable bonds is 3. The molecule has 3 heterocycles. The second kappa shape index (κ2) is 7.96. The molecule has 33 heavy (non-hydrogen) atoms. The Labute approximate surface area is 197 Å². The van der Waals surface area contributed by atoms with Gasteiger partial charge in [-0.2, -0.15) is 0 Å². The lowest BCUT2D eigenvalue weighted by molar-refractivity contribution is 0.0189. The van der Waals surface area contributed by atoms with E-state index in [2.05, 4.69) is 49.1 Å². The average molecular weight is 449 g/mol. The molecule has 0 bridgehead atoms. The molecule has 5 nitrogen and oxygen atoms in total. The van der Waals surface area contributed by atoms with Crippen LogP contribution in [-0.2, 0) is 11.2 Å². The minimum atomic E-state index is -0.471. The van der Waals surface area contributed by atoms with Crippen LogP contribution in [0.1, 0.15) is 69.6 Å². The highest BCUT2D eigenvalue weighted by atomic mass is 16.6. The molecule has 0 N–H and O–H groups in total. The Bertz CT molecular complexity index is 1090. The normalized spacial score (nSPS) is 21.3. The highest BCUT2D eigenvalue weighted by Gasteiger charge is 2.46. The van der Waals surface area contributed by atoms with Gasteiger partial charge in [-0.25, -0.2) is 4.79 Å². The fourth-order valence-corrected chi connectivity index (χ4v) is 5.90. The number of hydrogen-bond acceptors (Lipinski definition) is 4. The molecule has 0 aliphatic carbocycles. The lowest BCUT2D eigenvalue weighted by Gasteiger charge is -2.38. The summed E-state index contributed by atoms with van der Waals surface area (Å²) in [5.41, 5.74) is 7.69. The highest BCUT2D eigenvalue weighted by molar-refractivity contribution is 5.80. The van der Waals surface area contributed by atoms with E-state index in [4.69, 9.17) is 9.47 Å². The van der Waals surface area contributed by atoms with E-state index in [9.17, 15) is 4.79 Å². The van der Waals surface area contributed by atoms with Crippen LogP contribution in [-0.4, -0.2) is 49.4 Å². The first kappa shape index (κ1) is 22.1. The molecule has 3 aliphatic heterocycles. The molecular formula is C28H36N2O3. The molecule has 0 aromatic heterocycles. The first-order chi connectivity index (χ1) is 15.7. The Morgan fingerprint density at radius 1 is 1.12 bits per heavy atom. The van der Waals surface area contributed by atoms with Gasteiger partial charge in [-0.1, -0.05) is 19.9 Å². The van der Waals surface area contributed by atoms with E-state index in [1.165, 1.54) is 33.5 Å². The first-order valence-electron chi connectivity index (χ1n) is 12.3. The highest BCUT2D eigenvalue weighted by Crippen LogP contribution is 2.51. The van der Waals surface area contributed by atoms with Gasteiger partial charge in [0.25, 0.3) is 0 Å². The van der Waals surface area contributed by atoms with Crippen LogP contribution in [0.2, 0.25) is 0 Å². The van der Waals surface area contributed by atoms with Crippen molar-refractivity contribution in [2.24, 2.45) is 0 Å². The van der Waals surface area contributed by atoms with Gasteiger partial charge in [0.1, 0.15) is 11.4 Å². The Kier molecular flexibility index (Phi) is 5.34. The summed E-state index contributed by atoms with van der Waals surface area (Å²) in [4.78, 5) is 17.4. The predicted molar refractivity (Wildman–Crippen MR) is 133 cm³/mol. The summed E-state index contributed by atoms with van der Waals surface area (Å²) in [6, 6.07) is 11.7. The molecule has 2 aromatic carbocycles. The number of piperidine rings is 1. The zero-order valence-corrected chi connectivity index (χ0v) is 20.8. The fraction of sp³-hybridized carbons (Fsp3) is 0.536. The van der Waals surface area contributed by atoms with Crippen molar-refractivity contribution < 1.29 is 14.3 Å². The van der Waals surface area contributed by atoms with Crippen molar-refractivity contribution in [3.63, 3.8) is 0 Å². The molecule has 0 saturated carbocycles. The van der Waals surface area contributed by atoms with E-state index < -0.39 is 5.60 Å². The third-order valence-electron chi connectivity index (χ3n) is 7.35. The van der Waals surface area contributed by atoms with Gasteiger partial charge in [-0.3, -0.25) is 0 Å². The van der Waals surface area contributed by atoms with E-state index >= 15 is 0 Å². The predicted octanol–water partition coefficient (Wildman–Crippen LogP) is 5.95. The zero-order valence-electron chi connectivity index (χ0n) is 20.8. The van der Waals surface area contributed by atoms with E-state index in [1.807, 2.05) is 25.7 Å². The number of amides is 1. The van der Waals surface area contributed by atoms with E-state index in [0.717, 1.165) is 38.2 Å². The number of anilines is 1. The Balaban J connectivity index is 1.52. The van der Waals surface area contributed by atoms with Crippen LogP contribution in [0.25, 0.3) is 11.1 Å². The molecule has 0 spiro atoms. The Morgan fingerprint density at radius 3 is 2.61 bits per heavy atom. The molecule has 176 valence electrons. The van der Waals surface area contributed by atoms with Gasteiger partial charge in [0.15, 0.2) is 0 Å². The molecule has 1 fully saturated rings. The molecule has 2 atom stereocenters. The van der Waals surface area contributed by atoms with Crippen molar-refractivity contribution in [2.45, 2.75) is 70.9 Å². The SMILES string of the molecule is COc1ccc(-c2cc3c4c(c2)[C@@H]2CN(C(=O)OC(C)(C)C)CC[C@@H]2N4CC3)c(C(C)C)c1. The molecule has 2 aromatic rings. The molecule has 0 unspecified atom stereocenters. The number of ether oxygens (including phenoxy) is 2. The second-order valence-electron chi connectivity index (χ2n) is 11.0. The largest absolute Gasteiger partial charge is 0.497 e. The maximum absolute atomic E-state index is 12.8. The van der Waals surface area contributed by atoms with Crippen LogP contribution in [0, 0.1) is 0 Å². The summed E-state index contributed by atoms with van der Waals surface area (Å²) in [6.45, 7) is 12.8. The molecule has 5 rings (SSSR count). The Morgan fingerprint density at radius 2 is 1.91 bits per heavy atom. The zero-order chi connectivity index (χ0) is 23.5. The fourth-order valence-electron chi connectivity index (χ4n) is 5.90. The van der Waals surface area contributed by atoms with Gasteiger partial charge in [0.05, 0.1) is 7.11 Å². The van der Waals surface area contributed by atoms with Crippen LogP contribution in [0.5, 0.6) is 5.75 Å². The summed E-state index contributed by atoms with van der Waals surface area (Å²) in [5, 5.41) is 0. The van der Waals surface area contributed by atoms with Crippen molar-refractivity contribution in [3.8, 4) is 16.9 Å². The monoisotopic (exact) mass is 448 g/mol. The van der Waals surface area contributed by atoms with Crippen LogP contribution in [0.3, 0.4) is 0 Å². The summed E-state index contributed by atoms with van der Waals surface area (Å²) < 4.78 is 11.2. The van der Waals surface area contributed by atoms with E-state index in [-0.39, 0.29) is 6.09 Å². The third-order valence-corrected chi connectivity index (χ3v) is 7.35. The van der Waals surface area contributed by atoms with Crippen LogP contribution in [0.15, 0.2) is 30.3 Å². The number of hydrogen-bond donors (Lipinski definition) is 0. The standard InChI is InChI=1S/C28H36N2O3/c1-17(2)22-15-20(32-6)7-8-21(22)19-13-18-9-12-30-25-10-11-29(27(31)33-28(3,4)5)16-24(25)23(14-19)26(18)30/h7-8,13-15,17,24-25H,9-12,16H2,1-6H3/t24-,25-/m0/s1. The average Bonchev–Trinajstić information content (AvgIpc) is 3.33. The summed E-state index contributed by atoms with van der Waals surface area (Å²) in [5.74, 6) is 1.64. The minimum absolute atomic E-state index is 0.188. The summed E-state index contributed by atoms with van der Waals surface area (Å²) in [6.07, 6.45) is 1.90. The summed E-state index contributed by atoms with van der Waals surface area (Å²) in [7, 11) is 1.73. The first-order valence-corrected chi connectivity index (χ1v) is 12.3. The van der Waals surface area contributed by atoms with Crippen molar-refractivity contribution in [1.29, 1.82) is 0 Å². The number of carbonyl (C=O) groups is 1. The number of benzene rings is 2. The molecule has 1 saturated heterocycles. The van der Waals surface area contributed by atoms with E-state index in [0.29, 0.717) is 17.9 Å². The van der Waals surface area contributed by atoms with Crippen LogP contribution < -0.4 is 9.64 Å². The van der Waals surface area contributed by atoms with Gasteiger partial charge < -0.3 is 19.3 Å². The second-order valence-corrected chi connectivity index (χ2v) is 11.0. The van der Waals surface area contributed by atoms with Gasteiger partial charge in [-0.15, -0.1) is 0 Å². The Hall–Kier alpha value is -2.69. The van der Waals surface area contributed by atoms with Crippen molar-refractivity contribution >= 4 is 11.8 Å². The van der Waals surface area contributed by atoms with Gasteiger partial charge in [-0.05, 0) is 91.6 Å². The lowest BCUT2D eigenvalue weighted by Crippen LogP contribution is -2.49. The minimum Gasteiger partial charge on any atom is -0.497 e. The van der Waals surface area contributed by atoms with Crippen molar-refractivity contribution in [2.75, 3.05) is 31.6 Å². The van der Waals surface area contributed by atoms with Gasteiger partial charge >= 0.3 is 6.09 Å². The maximum atomic E-state index is 12.8. The molecule has 1 amide bonds. The third kappa shape index (κ3) is 3.85. The number of carbonyl (C=O) groups excluding carboxylic acids is 1. The van der Waals surface area contributed by atoms with Crippen molar-refractivity contribution in [1.82, 2.24) is 4.90 Å². The number of fused-ring (bicyclic) bond motifs is 3. The number of methoxy groups -OCH3 is 1. The molecule has 3 aliphatic rings. The van der Waals surface area contributed by atoms with Gasteiger partial charge in [0.2, 0.25) is 0 Å². The number of likely N-dealkylation sites (tertiary alicyclic amines) is 1. The van der Waals surface area contributed by atoms with E-state index in [1.54, 1.807) is 7.11 Å². The smallest absolute Gasteiger partial charge is 0.410 e. The summed E-state index contributed by atoms with van der Waals surface area (Å²) >= 11 is 0. The van der Waals surface area contributed by atoms with Gasteiger partial charge in [0, 0.05) is 37.3 Å². The number of nitrogens with zero attached hydrogens (tertiary/aromatic N) is 2. The quantitative estimate of drug-likeness (QED) is 0.581. The topological polar surface area (TPSA) is 42.0 Å². The lowest BCUT2D eigenvalue weighted by atomic mass is 9.84. The van der Waals surface area contributed by atoms with Crippen LogP contribution >= 0.6 is 0 Å². The van der Waals surface area contributed by atoms with Crippen LogP contribution in [0.4, 0.5) is 10.5 Å². The van der Waals surface area contributed by atoms with Crippen molar-refractivity contribution in [3.05, 3.63) is 47.0 Å². The maximum Gasteiger partial charge on any atom is 0.410 e. The molecule has 5 heteroatoms. The molecular weight excluding hydrogens is 412 g/mol.